The van der Waals surface area contributed by atoms with Gasteiger partial charge in [0.25, 0.3) is 0 Å². The highest BCUT2D eigenvalue weighted by Crippen LogP contribution is 2.58. The maximum atomic E-state index is 12.6. The zero-order valence-electron chi connectivity index (χ0n) is 9.11. The van der Waals surface area contributed by atoms with Crippen molar-refractivity contribution in [2.24, 2.45) is 0 Å². The fourth-order valence-electron chi connectivity index (χ4n) is 0.952. The van der Waals surface area contributed by atoms with Crippen molar-refractivity contribution in [2.45, 2.75) is 33.0 Å². The summed E-state index contributed by atoms with van der Waals surface area (Å²) in [6, 6.07) is -1.48. The minimum atomic E-state index is -4.21. The molecule has 0 aromatic carbocycles. The summed E-state index contributed by atoms with van der Waals surface area (Å²) in [4.78, 5) is 0. The summed E-state index contributed by atoms with van der Waals surface area (Å²) < 4.78 is 51.4. The van der Waals surface area contributed by atoms with E-state index < -0.39 is 19.6 Å². The van der Waals surface area contributed by atoms with Gasteiger partial charge in [-0.1, -0.05) is 0 Å². The molecule has 0 aliphatic rings. The molecule has 92 valence electrons. The first-order valence-corrected chi connectivity index (χ1v) is 6.54. The fourth-order valence-corrected chi connectivity index (χ4v) is 2.49. The van der Waals surface area contributed by atoms with E-state index in [0.29, 0.717) is 0 Å². The number of halogens is 2. The van der Waals surface area contributed by atoms with Gasteiger partial charge in [-0.25, -0.2) is 0 Å². The normalized spacial score (nSPS) is 15.9. The molecule has 0 bridgehead atoms. The summed E-state index contributed by atoms with van der Waals surface area (Å²) in [5.41, 5.74) is 0. The predicted octanol–water partition coefficient (Wildman–Crippen LogP) is 2.88. The van der Waals surface area contributed by atoms with Crippen LogP contribution in [0, 0.1) is 0 Å². The zero-order valence-corrected chi connectivity index (χ0v) is 10.0. The van der Waals surface area contributed by atoms with Crippen LogP contribution in [0.25, 0.3) is 0 Å². The van der Waals surface area contributed by atoms with E-state index in [1.807, 2.05) is 0 Å². The van der Waals surface area contributed by atoms with Crippen LogP contribution in [0.5, 0.6) is 0 Å². The van der Waals surface area contributed by atoms with Crippen LogP contribution in [0.15, 0.2) is 0 Å². The molecule has 0 fully saturated rings. The topological polar surface area (TPSA) is 44.8 Å². The van der Waals surface area contributed by atoms with Gasteiger partial charge in [0.05, 0.1) is 6.61 Å². The molecule has 0 saturated carbocycles. The molecule has 15 heavy (non-hydrogen) atoms. The van der Waals surface area contributed by atoms with Gasteiger partial charge in [0.1, 0.15) is 0 Å². The Morgan fingerprint density at radius 1 is 1.07 bits per heavy atom. The van der Waals surface area contributed by atoms with Gasteiger partial charge in [-0.05, 0) is 20.8 Å². The number of hydrogen-bond acceptors (Lipinski definition) is 4. The summed E-state index contributed by atoms with van der Waals surface area (Å²) in [7, 11) is -4.21. The average molecular weight is 246 g/mol. The van der Waals surface area contributed by atoms with Crippen LogP contribution in [-0.2, 0) is 18.6 Å². The third-order valence-corrected chi connectivity index (χ3v) is 3.61. The minimum absolute atomic E-state index is 0.0712. The van der Waals surface area contributed by atoms with Crippen LogP contribution in [-0.4, -0.2) is 32.0 Å². The first-order valence-electron chi connectivity index (χ1n) is 4.78. The second-order valence-corrected chi connectivity index (χ2v) is 4.92. The monoisotopic (exact) mass is 246 g/mol. The Kier molecular flexibility index (Phi) is 7.26. The molecule has 0 aliphatic heterocycles. The van der Waals surface area contributed by atoms with Gasteiger partial charge in [-0.3, -0.25) is 4.57 Å². The Morgan fingerprint density at radius 3 is 1.80 bits per heavy atom. The molecule has 0 N–H and O–H groups in total. The molecule has 0 aliphatic carbocycles. The Morgan fingerprint density at radius 2 is 1.53 bits per heavy atom. The van der Waals surface area contributed by atoms with E-state index in [1.54, 1.807) is 13.8 Å². The highest BCUT2D eigenvalue weighted by Gasteiger charge is 2.44. The van der Waals surface area contributed by atoms with E-state index >= 15 is 0 Å². The maximum Gasteiger partial charge on any atom is 0.321 e. The molecule has 7 heteroatoms. The summed E-state index contributed by atoms with van der Waals surface area (Å²) in [5, 5.41) is 0. The molecular weight excluding hydrogens is 229 g/mol. The number of alkyl halides is 2. The zero-order chi connectivity index (χ0) is 11.9. The lowest BCUT2D eigenvalue weighted by Crippen LogP contribution is -2.22. The van der Waals surface area contributed by atoms with Crippen LogP contribution in [0.4, 0.5) is 8.78 Å². The van der Waals surface area contributed by atoms with E-state index in [9.17, 15) is 13.3 Å². The Balaban J connectivity index is 4.73. The van der Waals surface area contributed by atoms with Gasteiger partial charge in [0.15, 0.2) is 0 Å². The van der Waals surface area contributed by atoms with Gasteiger partial charge < -0.3 is 14.0 Å². The number of ether oxygens (including phenoxy) is 2. The highest BCUT2D eigenvalue weighted by atomic mass is 31.2. The lowest BCUT2D eigenvalue weighted by molar-refractivity contribution is -0.0931. The van der Waals surface area contributed by atoms with Crippen LogP contribution < -0.4 is 0 Å². The smallest absolute Gasteiger partial charge is 0.321 e. The molecule has 0 heterocycles. The van der Waals surface area contributed by atoms with E-state index in [0.717, 1.165) is 0 Å². The van der Waals surface area contributed by atoms with E-state index in [2.05, 4.69) is 4.52 Å². The van der Waals surface area contributed by atoms with Crippen molar-refractivity contribution in [2.75, 3.05) is 19.8 Å². The first kappa shape index (κ1) is 15.0. The van der Waals surface area contributed by atoms with E-state index in [1.165, 1.54) is 6.92 Å². The van der Waals surface area contributed by atoms with Crippen molar-refractivity contribution in [1.82, 2.24) is 0 Å². The Bertz CT molecular complexity index is 207. The predicted molar refractivity (Wildman–Crippen MR) is 52.3 cm³/mol. The quantitative estimate of drug-likeness (QED) is 0.488. The fraction of sp³-hybridized carbons (Fsp3) is 1.00. The van der Waals surface area contributed by atoms with Crippen molar-refractivity contribution in [3.05, 3.63) is 0 Å². The summed E-state index contributed by atoms with van der Waals surface area (Å²) in [5.74, 6) is 0. The Labute approximate surface area is 88.3 Å². The van der Waals surface area contributed by atoms with Crippen molar-refractivity contribution in [1.29, 1.82) is 0 Å². The van der Waals surface area contributed by atoms with Crippen LogP contribution in [0.1, 0.15) is 20.8 Å². The van der Waals surface area contributed by atoms with E-state index in [4.69, 9.17) is 9.47 Å². The molecular formula is C8H17F2O4P. The van der Waals surface area contributed by atoms with Gasteiger partial charge in [-0.2, -0.15) is 8.78 Å². The Hall–Kier alpha value is -0.0300. The second-order valence-electron chi connectivity index (χ2n) is 2.56. The lowest BCUT2D eigenvalue weighted by Gasteiger charge is -2.25. The van der Waals surface area contributed by atoms with Gasteiger partial charge >= 0.3 is 13.5 Å². The molecule has 0 aromatic heterocycles. The molecule has 0 rings (SSSR count). The van der Waals surface area contributed by atoms with Crippen LogP contribution >= 0.6 is 7.37 Å². The van der Waals surface area contributed by atoms with Gasteiger partial charge in [0, 0.05) is 13.2 Å². The van der Waals surface area contributed by atoms with Crippen molar-refractivity contribution < 1.29 is 27.3 Å². The summed E-state index contributed by atoms with van der Waals surface area (Å²) in [6.45, 7) is 4.90. The molecule has 1 unspecified atom stereocenters. The van der Waals surface area contributed by atoms with Crippen molar-refractivity contribution in [3.8, 4) is 0 Å². The highest BCUT2D eigenvalue weighted by molar-refractivity contribution is 7.59. The SMILES string of the molecule is CCOC(OCC)P(=O)(OCC)C(F)F. The standard InChI is InChI=1S/C8H17F2O4P/c1-4-12-8(13-5-2)15(11,7(9)10)14-6-3/h7-8H,4-6H2,1-3H3. The minimum Gasteiger partial charge on any atom is -0.344 e. The third-order valence-electron chi connectivity index (χ3n) is 1.52. The van der Waals surface area contributed by atoms with Crippen LogP contribution in [0.3, 0.4) is 0 Å². The maximum absolute atomic E-state index is 12.6. The molecule has 0 spiro atoms. The average Bonchev–Trinajstić information content (AvgIpc) is 2.17. The summed E-state index contributed by atoms with van der Waals surface area (Å²) >= 11 is 0. The lowest BCUT2D eigenvalue weighted by atomic mass is 10.9. The van der Waals surface area contributed by atoms with Crippen molar-refractivity contribution >= 4 is 7.37 Å². The van der Waals surface area contributed by atoms with Crippen LogP contribution in [0.2, 0.25) is 0 Å². The van der Waals surface area contributed by atoms with Gasteiger partial charge in [0.2, 0.25) is 6.03 Å². The largest absolute Gasteiger partial charge is 0.344 e. The number of rotatable bonds is 8. The number of hydrogen-bond donors (Lipinski definition) is 0. The molecule has 0 saturated heterocycles. The van der Waals surface area contributed by atoms with Gasteiger partial charge in [-0.15, -0.1) is 0 Å². The third kappa shape index (κ3) is 4.15. The second kappa shape index (κ2) is 7.28. The molecule has 0 radical (unpaired) electrons. The molecule has 0 aromatic rings. The van der Waals surface area contributed by atoms with Crippen molar-refractivity contribution in [3.63, 3.8) is 0 Å². The summed E-state index contributed by atoms with van der Waals surface area (Å²) in [6.07, 6.45) is -3.10. The molecule has 0 amide bonds. The first-order chi connectivity index (χ1) is 7.02. The molecule has 1 atom stereocenters. The van der Waals surface area contributed by atoms with E-state index in [-0.39, 0.29) is 19.8 Å². The molecule has 4 nitrogen and oxygen atoms in total.